The number of hydrogen-bond donors (Lipinski definition) is 1. The van der Waals surface area contributed by atoms with Crippen molar-refractivity contribution in [2.45, 2.75) is 26.5 Å². The number of aliphatic hydroxyl groups excluding tert-OH is 1. The smallest absolute Gasteiger partial charge is 0.295 e. The van der Waals surface area contributed by atoms with Crippen LogP contribution in [0.3, 0.4) is 0 Å². The van der Waals surface area contributed by atoms with Crippen molar-refractivity contribution in [2.75, 3.05) is 53.1 Å². The van der Waals surface area contributed by atoms with Crippen molar-refractivity contribution in [3.05, 3.63) is 95.1 Å². The fourth-order valence-electron chi connectivity index (χ4n) is 5.37. The number of carbonyl (C=O) groups is 2. The summed E-state index contributed by atoms with van der Waals surface area (Å²) in [5.74, 6) is 0.410. The molecule has 3 aromatic rings. The number of nitrogens with zero attached hydrogens (tertiary/aromatic N) is 2. The molecule has 3 aromatic carbocycles. The van der Waals surface area contributed by atoms with E-state index in [1.165, 1.54) is 0 Å². The molecule has 0 radical (unpaired) electrons. The highest BCUT2D eigenvalue weighted by Crippen LogP contribution is 2.42. The van der Waals surface area contributed by atoms with Gasteiger partial charge in [0.1, 0.15) is 18.1 Å². The molecule has 1 atom stereocenters. The minimum absolute atomic E-state index is 0.0350. The molecule has 44 heavy (non-hydrogen) atoms. The van der Waals surface area contributed by atoms with E-state index in [-0.39, 0.29) is 11.3 Å². The van der Waals surface area contributed by atoms with E-state index < -0.39 is 17.7 Å². The normalized spacial score (nSPS) is 18.5. The number of morpholine rings is 1. The van der Waals surface area contributed by atoms with Gasteiger partial charge in [0.15, 0.2) is 11.5 Å². The zero-order valence-corrected chi connectivity index (χ0v) is 25.5. The fourth-order valence-corrected chi connectivity index (χ4v) is 5.37. The number of methoxy groups -OCH3 is 1. The number of amides is 1. The van der Waals surface area contributed by atoms with Crippen LogP contribution in [0.4, 0.5) is 0 Å². The van der Waals surface area contributed by atoms with Crippen LogP contribution in [0.5, 0.6) is 17.2 Å². The van der Waals surface area contributed by atoms with Gasteiger partial charge in [-0.05, 0) is 53.4 Å². The Hall–Kier alpha value is -4.34. The molecule has 9 nitrogen and oxygen atoms in total. The predicted molar refractivity (Wildman–Crippen MR) is 167 cm³/mol. The maximum atomic E-state index is 13.6. The van der Waals surface area contributed by atoms with E-state index >= 15 is 0 Å². The van der Waals surface area contributed by atoms with E-state index in [0.29, 0.717) is 73.8 Å². The lowest BCUT2D eigenvalue weighted by atomic mass is 9.95. The summed E-state index contributed by atoms with van der Waals surface area (Å²) >= 11 is 0. The lowest BCUT2D eigenvalue weighted by Gasteiger charge is -2.31. The third-order valence-corrected chi connectivity index (χ3v) is 7.75. The number of ketones is 1. The van der Waals surface area contributed by atoms with E-state index in [2.05, 4.69) is 18.7 Å². The van der Waals surface area contributed by atoms with Crippen LogP contribution in [0, 0.1) is 5.92 Å². The molecule has 2 saturated heterocycles. The van der Waals surface area contributed by atoms with Gasteiger partial charge in [0.2, 0.25) is 0 Å². The van der Waals surface area contributed by atoms with Crippen molar-refractivity contribution in [2.24, 2.45) is 5.92 Å². The van der Waals surface area contributed by atoms with Gasteiger partial charge in [0.25, 0.3) is 11.7 Å². The number of hydrogen-bond acceptors (Lipinski definition) is 8. The second-order valence-electron chi connectivity index (χ2n) is 11.4. The highest BCUT2D eigenvalue weighted by atomic mass is 16.5. The first-order chi connectivity index (χ1) is 21.4. The van der Waals surface area contributed by atoms with Crippen molar-refractivity contribution in [1.82, 2.24) is 9.80 Å². The molecular formula is C35H40N2O7. The van der Waals surface area contributed by atoms with Crippen LogP contribution in [-0.4, -0.2) is 79.7 Å². The van der Waals surface area contributed by atoms with Crippen LogP contribution < -0.4 is 14.2 Å². The molecule has 0 aromatic heterocycles. The highest BCUT2D eigenvalue weighted by Gasteiger charge is 2.46. The van der Waals surface area contributed by atoms with Crippen molar-refractivity contribution in [1.29, 1.82) is 0 Å². The van der Waals surface area contributed by atoms with E-state index in [4.69, 9.17) is 18.9 Å². The first-order valence-electron chi connectivity index (χ1n) is 15.0. The minimum atomic E-state index is -0.815. The minimum Gasteiger partial charge on any atom is -0.507 e. The zero-order valence-electron chi connectivity index (χ0n) is 25.5. The number of benzene rings is 3. The summed E-state index contributed by atoms with van der Waals surface area (Å²) in [6.45, 7) is 8.68. The number of Topliss-reactive ketones (excluding diaryl/α,β-unsaturated/α-hetero) is 1. The summed E-state index contributed by atoms with van der Waals surface area (Å²) in [6.07, 6.45) is 0. The number of likely N-dealkylation sites (tertiary alicyclic amines) is 1. The fraction of sp³-hybridized carbons (Fsp3) is 0.371. The Balaban J connectivity index is 1.48. The summed E-state index contributed by atoms with van der Waals surface area (Å²) in [5, 5.41) is 11.5. The Morgan fingerprint density at radius 2 is 1.66 bits per heavy atom. The SMILES string of the molecule is COc1cc(C2C(=C(O)c3ccc(OCC(C)C)cc3)C(=O)C(=O)N2CCN2CCOCC2)ccc1OCc1ccccc1. The Kier molecular flexibility index (Phi) is 10.2. The topological polar surface area (TPSA) is 97.8 Å². The standard InChI is InChI=1S/C35H40N2O7/c1-24(2)22-43-28-12-9-26(10-13-28)33(38)31-32(37(35(40)34(31)39)16-15-36-17-19-42-20-18-36)27-11-14-29(30(21-27)41-3)44-23-25-7-5-4-6-8-25/h4-14,21,24,32,38H,15-20,22-23H2,1-3H3. The van der Waals surface area contributed by atoms with Gasteiger partial charge in [0.05, 0.1) is 38.5 Å². The average molecular weight is 601 g/mol. The quantitative estimate of drug-likeness (QED) is 0.175. The highest BCUT2D eigenvalue weighted by molar-refractivity contribution is 6.46. The van der Waals surface area contributed by atoms with E-state index in [1.807, 2.05) is 36.4 Å². The van der Waals surface area contributed by atoms with Crippen LogP contribution in [0.2, 0.25) is 0 Å². The van der Waals surface area contributed by atoms with Gasteiger partial charge < -0.3 is 29.0 Å². The lowest BCUT2D eigenvalue weighted by Crippen LogP contribution is -2.42. The molecule has 0 spiro atoms. The van der Waals surface area contributed by atoms with Crippen molar-refractivity contribution in [3.8, 4) is 17.2 Å². The summed E-state index contributed by atoms with van der Waals surface area (Å²) in [7, 11) is 1.55. The van der Waals surface area contributed by atoms with Crippen LogP contribution in [0.25, 0.3) is 5.76 Å². The van der Waals surface area contributed by atoms with Gasteiger partial charge in [-0.25, -0.2) is 0 Å². The Morgan fingerprint density at radius 3 is 2.34 bits per heavy atom. The van der Waals surface area contributed by atoms with Gasteiger partial charge in [-0.15, -0.1) is 0 Å². The molecule has 2 aliphatic heterocycles. The molecule has 1 N–H and O–H groups in total. The molecule has 2 aliphatic rings. The molecule has 0 saturated carbocycles. The summed E-state index contributed by atoms with van der Waals surface area (Å²) in [6, 6.07) is 21.3. The van der Waals surface area contributed by atoms with Gasteiger partial charge in [0, 0.05) is 31.7 Å². The van der Waals surface area contributed by atoms with E-state index in [9.17, 15) is 14.7 Å². The maximum Gasteiger partial charge on any atom is 0.295 e. The van der Waals surface area contributed by atoms with Gasteiger partial charge >= 0.3 is 0 Å². The van der Waals surface area contributed by atoms with Gasteiger partial charge in [-0.2, -0.15) is 0 Å². The van der Waals surface area contributed by atoms with E-state index in [1.54, 1.807) is 48.4 Å². The predicted octanol–water partition coefficient (Wildman–Crippen LogP) is 5.06. The Bertz CT molecular complexity index is 1460. The number of carbonyl (C=O) groups excluding carboxylic acids is 2. The van der Waals surface area contributed by atoms with Gasteiger partial charge in [-0.3, -0.25) is 14.5 Å². The second-order valence-corrected chi connectivity index (χ2v) is 11.4. The van der Waals surface area contributed by atoms with Crippen LogP contribution in [-0.2, 0) is 20.9 Å². The molecule has 0 aliphatic carbocycles. The number of rotatable bonds is 12. The second kappa shape index (κ2) is 14.4. The molecule has 9 heteroatoms. The van der Waals surface area contributed by atoms with Crippen molar-refractivity contribution >= 4 is 17.4 Å². The van der Waals surface area contributed by atoms with Crippen molar-refractivity contribution in [3.63, 3.8) is 0 Å². The third-order valence-electron chi connectivity index (χ3n) is 7.75. The van der Waals surface area contributed by atoms with Crippen LogP contribution >= 0.6 is 0 Å². The number of aliphatic hydroxyl groups is 1. The number of ether oxygens (including phenoxy) is 4. The van der Waals surface area contributed by atoms with Crippen molar-refractivity contribution < 1.29 is 33.6 Å². The molecule has 0 bridgehead atoms. The molecule has 2 heterocycles. The molecule has 232 valence electrons. The average Bonchev–Trinajstić information content (AvgIpc) is 3.31. The molecular weight excluding hydrogens is 560 g/mol. The first-order valence-corrected chi connectivity index (χ1v) is 15.0. The van der Waals surface area contributed by atoms with Crippen LogP contribution in [0.1, 0.15) is 36.6 Å². The lowest BCUT2D eigenvalue weighted by molar-refractivity contribution is -0.140. The zero-order chi connectivity index (χ0) is 31.1. The maximum absolute atomic E-state index is 13.6. The van der Waals surface area contributed by atoms with E-state index in [0.717, 1.165) is 18.7 Å². The first kappa shape index (κ1) is 31.1. The third kappa shape index (κ3) is 7.23. The largest absolute Gasteiger partial charge is 0.507 e. The summed E-state index contributed by atoms with van der Waals surface area (Å²) in [5.41, 5.74) is 2.10. The molecule has 5 rings (SSSR count). The molecule has 1 unspecified atom stereocenters. The summed E-state index contributed by atoms with van der Waals surface area (Å²) < 4.78 is 23.0. The Morgan fingerprint density at radius 1 is 0.932 bits per heavy atom. The Labute approximate surface area is 258 Å². The molecule has 2 fully saturated rings. The van der Waals surface area contributed by atoms with Crippen LogP contribution in [0.15, 0.2) is 78.4 Å². The van der Waals surface area contributed by atoms with Gasteiger partial charge in [-0.1, -0.05) is 50.2 Å². The monoisotopic (exact) mass is 600 g/mol. The summed E-state index contributed by atoms with van der Waals surface area (Å²) in [4.78, 5) is 30.8. The molecule has 1 amide bonds.